The van der Waals surface area contributed by atoms with Gasteiger partial charge in [0.15, 0.2) is 0 Å². The molecule has 2 amide bonds. The Morgan fingerprint density at radius 1 is 1.17 bits per heavy atom. The fourth-order valence-corrected chi connectivity index (χ4v) is 2.52. The Hall–Kier alpha value is -2.53. The number of aromatic nitrogens is 2. The molecule has 0 aliphatic heterocycles. The van der Waals surface area contributed by atoms with Crippen molar-refractivity contribution in [2.45, 2.75) is 13.0 Å². The van der Waals surface area contributed by atoms with E-state index in [1.54, 1.807) is 6.07 Å². The number of pyridine rings is 1. The van der Waals surface area contributed by atoms with E-state index in [2.05, 4.69) is 15.6 Å². The van der Waals surface area contributed by atoms with Gasteiger partial charge in [-0.1, -0.05) is 29.8 Å². The molecule has 0 spiro atoms. The third-order valence-electron chi connectivity index (χ3n) is 3.42. The minimum atomic E-state index is -0.200. The number of nitrogens with zero attached hydrogens (tertiary/aromatic N) is 2. The van der Waals surface area contributed by atoms with E-state index >= 15 is 0 Å². The molecule has 0 saturated carbocycles. The number of fused-ring (bicyclic) bond motifs is 1. The lowest BCUT2D eigenvalue weighted by Gasteiger charge is -2.07. The molecule has 3 aromatic rings. The van der Waals surface area contributed by atoms with Gasteiger partial charge < -0.3 is 15.0 Å². The van der Waals surface area contributed by atoms with Crippen molar-refractivity contribution in [2.24, 2.45) is 0 Å². The summed E-state index contributed by atoms with van der Waals surface area (Å²) < 4.78 is 1.97. The van der Waals surface area contributed by atoms with Crippen molar-refractivity contribution in [3.63, 3.8) is 0 Å². The summed E-state index contributed by atoms with van der Waals surface area (Å²) in [6.07, 6.45) is 4.62. The van der Waals surface area contributed by atoms with Gasteiger partial charge in [0.2, 0.25) is 0 Å². The van der Waals surface area contributed by atoms with E-state index in [0.29, 0.717) is 24.5 Å². The van der Waals surface area contributed by atoms with Crippen molar-refractivity contribution in [3.8, 4) is 0 Å². The number of rotatable bonds is 5. The molecule has 118 valence electrons. The van der Waals surface area contributed by atoms with Crippen LogP contribution in [0.4, 0.5) is 4.79 Å². The van der Waals surface area contributed by atoms with Gasteiger partial charge in [-0.25, -0.2) is 9.78 Å². The average Bonchev–Trinajstić information content (AvgIpc) is 2.96. The number of imidazole rings is 1. The number of halogens is 1. The van der Waals surface area contributed by atoms with E-state index < -0.39 is 0 Å². The number of amides is 2. The molecule has 6 heteroatoms. The Morgan fingerprint density at radius 3 is 2.91 bits per heavy atom. The zero-order chi connectivity index (χ0) is 16.1. The molecule has 0 aliphatic carbocycles. The Kier molecular flexibility index (Phi) is 4.78. The van der Waals surface area contributed by atoms with Gasteiger partial charge in [0, 0.05) is 36.9 Å². The second-order valence-electron chi connectivity index (χ2n) is 5.19. The van der Waals surface area contributed by atoms with Crippen molar-refractivity contribution < 1.29 is 4.79 Å². The number of nitrogens with one attached hydrogen (secondary N) is 2. The van der Waals surface area contributed by atoms with Crippen LogP contribution >= 0.6 is 11.6 Å². The molecule has 1 aromatic carbocycles. The monoisotopic (exact) mass is 328 g/mol. The standard InChI is InChI=1S/C17H17ClN4O/c18-14-5-3-4-13(10-14)11-20-17(23)19-8-7-15-12-22-9-2-1-6-16(22)21-15/h1-6,9-10,12H,7-8,11H2,(H2,19,20,23). The summed E-state index contributed by atoms with van der Waals surface area (Å²) >= 11 is 5.91. The molecule has 0 bridgehead atoms. The molecule has 23 heavy (non-hydrogen) atoms. The molecular weight excluding hydrogens is 312 g/mol. The fraction of sp³-hybridized carbons (Fsp3) is 0.176. The largest absolute Gasteiger partial charge is 0.338 e. The highest BCUT2D eigenvalue weighted by Crippen LogP contribution is 2.10. The van der Waals surface area contributed by atoms with Crippen LogP contribution in [0.3, 0.4) is 0 Å². The first-order chi connectivity index (χ1) is 11.2. The van der Waals surface area contributed by atoms with Crippen LogP contribution in [0.25, 0.3) is 5.65 Å². The summed E-state index contributed by atoms with van der Waals surface area (Å²) in [7, 11) is 0. The number of carbonyl (C=O) groups is 1. The normalized spacial score (nSPS) is 10.7. The molecule has 2 N–H and O–H groups in total. The summed E-state index contributed by atoms with van der Waals surface area (Å²) in [6, 6.07) is 13.1. The van der Waals surface area contributed by atoms with Crippen molar-refractivity contribution in [3.05, 3.63) is 71.1 Å². The van der Waals surface area contributed by atoms with Crippen molar-refractivity contribution in [1.82, 2.24) is 20.0 Å². The minimum absolute atomic E-state index is 0.200. The highest BCUT2D eigenvalue weighted by molar-refractivity contribution is 6.30. The van der Waals surface area contributed by atoms with Crippen LogP contribution in [0.15, 0.2) is 54.9 Å². The molecule has 0 unspecified atom stereocenters. The summed E-state index contributed by atoms with van der Waals surface area (Å²) in [4.78, 5) is 16.3. The maximum atomic E-state index is 11.8. The number of hydrogen-bond acceptors (Lipinski definition) is 2. The summed E-state index contributed by atoms with van der Waals surface area (Å²) in [5.74, 6) is 0. The van der Waals surface area contributed by atoms with Crippen LogP contribution in [-0.4, -0.2) is 22.0 Å². The second kappa shape index (κ2) is 7.15. The number of benzene rings is 1. The number of urea groups is 1. The van der Waals surface area contributed by atoms with E-state index in [4.69, 9.17) is 11.6 Å². The predicted octanol–water partition coefficient (Wildman–Crippen LogP) is 3.03. The third-order valence-corrected chi connectivity index (χ3v) is 3.66. The molecule has 5 nitrogen and oxygen atoms in total. The third kappa shape index (κ3) is 4.23. The van der Waals surface area contributed by atoms with Crippen LogP contribution in [0.1, 0.15) is 11.3 Å². The van der Waals surface area contributed by atoms with E-state index in [9.17, 15) is 4.79 Å². The first kappa shape index (κ1) is 15.4. The van der Waals surface area contributed by atoms with Crippen LogP contribution in [0, 0.1) is 0 Å². The van der Waals surface area contributed by atoms with E-state index in [-0.39, 0.29) is 6.03 Å². The lowest BCUT2D eigenvalue weighted by Crippen LogP contribution is -2.36. The topological polar surface area (TPSA) is 58.4 Å². The Morgan fingerprint density at radius 2 is 2.09 bits per heavy atom. The molecule has 3 rings (SSSR count). The van der Waals surface area contributed by atoms with E-state index in [1.807, 2.05) is 53.2 Å². The smallest absolute Gasteiger partial charge is 0.315 e. The molecule has 0 aliphatic rings. The molecule has 2 aromatic heterocycles. The second-order valence-corrected chi connectivity index (χ2v) is 5.62. The molecule has 2 heterocycles. The highest BCUT2D eigenvalue weighted by atomic mass is 35.5. The first-order valence-corrected chi connectivity index (χ1v) is 7.77. The Labute approximate surface area is 139 Å². The summed E-state index contributed by atoms with van der Waals surface area (Å²) in [5.41, 5.74) is 2.83. The zero-order valence-electron chi connectivity index (χ0n) is 12.5. The summed E-state index contributed by atoms with van der Waals surface area (Å²) in [6.45, 7) is 0.978. The minimum Gasteiger partial charge on any atom is -0.338 e. The highest BCUT2D eigenvalue weighted by Gasteiger charge is 2.03. The SMILES string of the molecule is O=C(NCCc1cn2ccccc2n1)NCc1cccc(Cl)c1. The van der Waals surface area contributed by atoms with Gasteiger partial charge in [0.05, 0.1) is 5.69 Å². The van der Waals surface area contributed by atoms with Gasteiger partial charge in [0.25, 0.3) is 0 Å². The number of carbonyl (C=O) groups excluding carboxylic acids is 1. The molecule has 0 fully saturated rings. The maximum absolute atomic E-state index is 11.8. The van der Waals surface area contributed by atoms with Crippen molar-refractivity contribution >= 4 is 23.3 Å². The molecule has 0 radical (unpaired) electrons. The molecule has 0 atom stereocenters. The lowest BCUT2D eigenvalue weighted by molar-refractivity contribution is 0.240. The van der Waals surface area contributed by atoms with Gasteiger partial charge in [-0.3, -0.25) is 0 Å². The zero-order valence-corrected chi connectivity index (χ0v) is 13.3. The van der Waals surface area contributed by atoms with Gasteiger partial charge in [-0.15, -0.1) is 0 Å². The Balaban J connectivity index is 1.44. The van der Waals surface area contributed by atoms with E-state index in [0.717, 1.165) is 16.9 Å². The Bertz CT molecular complexity index is 782. The molecule has 0 saturated heterocycles. The lowest BCUT2D eigenvalue weighted by atomic mass is 10.2. The van der Waals surface area contributed by atoms with Crippen LogP contribution < -0.4 is 10.6 Å². The van der Waals surface area contributed by atoms with Crippen LogP contribution in [-0.2, 0) is 13.0 Å². The fourth-order valence-electron chi connectivity index (χ4n) is 2.30. The van der Waals surface area contributed by atoms with Gasteiger partial charge in [-0.2, -0.15) is 0 Å². The van der Waals surface area contributed by atoms with Gasteiger partial charge in [-0.05, 0) is 29.8 Å². The van der Waals surface area contributed by atoms with Crippen LogP contribution in [0.2, 0.25) is 5.02 Å². The van der Waals surface area contributed by atoms with Gasteiger partial charge in [0.1, 0.15) is 5.65 Å². The average molecular weight is 329 g/mol. The first-order valence-electron chi connectivity index (χ1n) is 7.39. The van der Waals surface area contributed by atoms with Crippen molar-refractivity contribution in [2.75, 3.05) is 6.54 Å². The quantitative estimate of drug-likeness (QED) is 0.756. The molecular formula is C17H17ClN4O. The maximum Gasteiger partial charge on any atom is 0.315 e. The van der Waals surface area contributed by atoms with E-state index in [1.165, 1.54) is 0 Å². The predicted molar refractivity (Wildman–Crippen MR) is 90.6 cm³/mol. The van der Waals surface area contributed by atoms with Crippen molar-refractivity contribution in [1.29, 1.82) is 0 Å². The summed E-state index contributed by atoms with van der Waals surface area (Å²) in [5, 5.41) is 6.30. The number of hydrogen-bond donors (Lipinski definition) is 2. The van der Waals surface area contributed by atoms with Crippen LogP contribution in [0.5, 0.6) is 0 Å². The van der Waals surface area contributed by atoms with Gasteiger partial charge >= 0.3 is 6.03 Å².